The summed E-state index contributed by atoms with van der Waals surface area (Å²) in [6.07, 6.45) is -15.1. The smallest absolute Gasteiger partial charge is 0.187 e. The summed E-state index contributed by atoms with van der Waals surface area (Å²) in [7, 11) is 0. The van der Waals surface area contributed by atoms with Crippen molar-refractivity contribution >= 4 is 0 Å². The second-order valence-electron chi connectivity index (χ2n) is 5.29. The lowest BCUT2D eigenvalue weighted by Gasteiger charge is -2.42. The summed E-state index contributed by atoms with van der Waals surface area (Å²) in [5.41, 5.74) is 0. The van der Waals surface area contributed by atoms with Crippen molar-refractivity contribution in [2.24, 2.45) is 0 Å². The fourth-order valence-electron chi connectivity index (χ4n) is 2.16. The first-order valence-electron chi connectivity index (χ1n) is 7.00. The Morgan fingerprint density at radius 3 is 1.87 bits per heavy atom. The average molecular weight is 344 g/mol. The van der Waals surface area contributed by atoms with Gasteiger partial charge in [-0.3, -0.25) is 0 Å². The van der Waals surface area contributed by atoms with Crippen LogP contribution in [0.3, 0.4) is 0 Å². The van der Waals surface area contributed by atoms with Gasteiger partial charge >= 0.3 is 0 Å². The summed E-state index contributed by atoms with van der Waals surface area (Å²) in [4.78, 5) is 0. The molecule has 0 spiro atoms. The van der Waals surface area contributed by atoms with Crippen molar-refractivity contribution in [3.8, 4) is 0 Å². The molecule has 1 aliphatic heterocycles. The lowest BCUT2D eigenvalue weighted by molar-refractivity contribution is -0.327. The standard InChI is InChI=1S/C12H24O11/c13-1-4(16)7(18)11(5(17)2-14)23-12-10(21)9(20)8(19)6(3-15)22-12/h4-21H,1-3H2/t4-,5+,6?,7+,8?,9-,10?,11+,12-/m0/s1. The molecule has 0 radical (unpaired) electrons. The van der Waals surface area contributed by atoms with Crippen LogP contribution in [0.2, 0.25) is 0 Å². The van der Waals surface area contributed by atoms with Crippen molar-refractivity contribution in [2.45, 2.75) is 55.1 Å². The van der Waals surface area contributed by atoms with Gasteiger partial charge in [0.2, 0.25) is 0 Å². The molecule has 9 N–H and O–H groups in total. The number of ether oxygens (including phenoxy) is 2. The topological polar surface area (TPSA) is 201 Å². The van der Waals surface area contributed by atoms with Crippen LogP contribution in [-0.2, 0) is 9.47 Å². The number of rotatable bonds is 8. The van der Waals surface area contributed by atoms with Crippen LogP contribution in [0.4, 0.5) is 0 Å². The first-order valence-corrected chi connectivity index (χ1v) is 7.00. The van der Waals surface area contributed by atoms with E-state index in [1.807, 2.05) is 0 Å². The molecule has 0 bridgehead atoms. The van der Waals surface area contributed by atoms with E-state index in [4.69, 9.17) is 24.8 Å². The molecule has 23 heavy (non-hydrogen) atoms. The fourth-order valence-corrected chi connectivity index (χ4v) is 2.16. The van der Waals surface area contributed by atoms with Gasteiger partial charge in [-0.25, -0.2) is 0 Å². The number of hydrogen-bond acceptors (Lipinski definition) is 11. The van der Waals surface area contributed by atoms with E-state index in [0.717, 1.165) is 0 Å². The first kappa shape index (κ1) is 20.6. The normalized spacial score (nSPS) is 37.2. The van der Waals surface area contributed by atoms with Gasteiger partial charge in [-0.1, -0.05) is 0 Å². The monoisotopic (exact) mass is 344 g/mol. The molecular formula is C12H24O11. The van der Waals surface area contributed by atoms with E-state index in [1.165, 1.54) is 0 Å². The van der Waals surface area contributed by atoms with Crippen molar-refractivity contribution < 1.29 is 55.4 Å². The Labute approximate surface area is 131 Å². The maximum atomic E-state index is 9.83. The van der Waals surface area contributed by atoms with E-state index in [2.05, 4.69) is 0 Å². The molecule has 1 saturated heterocycles. The predicted molar refractivity (Wildman–Crippen MR) is 70.8 cm³/mol. The Hall–Kier alpha value is -0.440. The lowest BCUT2D eigenvalue weighted by atomic mass is 9.98. The van der Waals surface area contributed by atoms with Gasteiger partial charge in [-0.2, -0.15) is 0 Å². The van der Waals surface area contributed by atoms with Crippen LogP contribution in [0.1, 0.15) is 0 Å². The average Bonchev–Trinajstić information content (AvgIpc) is 2.57. The van der Waals surface area contributed by atoms with Crippen molar-refractivity contribution in [3.63, 3.8) is 0 Å². The van der Waals surface area contributed by atoms with Gasteiger partial charge in [-0.15, -0.1) is 0 Å². The fraction of sp³-hybridized carbons (Fsp3) is 1.00. The zero-order valence-electron chi connectivity index (χ0n) is 12.2. The van der Waals surface area contributed by atoms with Crippen molar-refractivity contribution in [1.82, 2.24) is 0 Å². The molecular weight excluding hydrogens is 320 g/mol. The third-order valence-electron chi connectivity index (χ3n) is 3.62. The molecule has 0 aromatic carbocycles. The summed E-state index contributed by atoms with van der Waals surface area (Å²) in [6.45, 7) is -2.45. The molecule has 9 atom stereocenters. The minimum atomic E-state index is -1.85. The Kier molecular flexibility index (Phi) is 8.20. The van der Waals surface area contributed by atoms with Crippen LogP contribution < -0.4 is 0 Å². The van der Waals surface area contributed by atoms with E-state index < -0.39 is 74.9 Å². The van der Waals surface area contributed by atoms with Gasteiger partial charge in [0.15, 0.2) is 6.29 Å². The van der Waals surface area contributed by atoms with E-state index >= 15 is 0 Å². The summed E-state index contributed by atoms with van der Waals surface area (Å²) in [5, 5.41) is 84.9. The van der Waals surface area contributed by atoms with E-state index in [0.29, 0.717) is 0 Å². The van der Waals surface area contributed by atoms with Gasteiger partial charge in [0.05, 0.1) is 19.8 Å². The summed E-state index contributed by atoms with van der Waals surface area (Å²) < 4.78 is 10.1. The molecule has 1 aliphatic rings. The highest BCUT2D eigenvalue weighted by Crippen LogP contribution is 2.24. The zero-order valence-corrected chi connectivity index (χ0v) is 12.2. The van der Waals surface area contributed by atoms with Gasteiger partial charge < -0.3 is 55.4 Å². The maximum Gasteiger partial charge on any atom is 0.187 e. The van der Waals surface area contributed by atoms with E-state index in [1.54, 1.807) is 0 Å². The molecule has 0 aromatic heterocycles. The highest BCUT2D eigenvalue weighted by Gasteiger charge is 2.46. The largest absolute Gasteiger partial charge is 0.394 e. The quantitative estimate of drug-likeness (QED) is 0.203. The lowest BCUT2D eigenvalue weighted by Crippen LogP contribution is -2.61. The molecule has 3 unspecified atom stereocenters. The van der Waals surface area contributed by atoms with Gasteiger partial charge in [-0.05, 0) is 0 Å². The molecule has 1 rings (SSSR count). The minimum absolute atomic E-state index is 0.708. The highest BCUT2D eigenvalue weighted by molar-refractivity contribution is 4.91. The van der Waals surface area contributed by atoms with Crippen molar-refractivity contribution in [2.75, 3.05) is 19.8 Å². The van der Waals surface area contributed by atoms with Crippen LogP contribution >= 0.6 is 0 Å². The summed E-state index contributed by atoms with van der Waals surface area (Å²) in [6, 6.07) is 0. The van der Waals surface area contributed by atoms with Crippen LogP contribution in [0.5, 0.6) is 0 Å². The molecule has 138 valence electrons. The molecule has 0 aromatic rings. The first-order chi connectivity index (χ1) is 10.8. The molecule has 1 heterocycles. The Bertz CT molecular complexity index is 341. The SMILES string of the molecule is OCC1O[C@@H](O[C@@H]([C@H](O)[C@@H](O)CO)[C@H](O)CO)C(O)[C@@H](O)C1O. The maximum absolute atomic E-state index is 9.83. The summed E-state index contributed by atoms with van der Waals surface area (Å²) in [5.74, 6) is 0. The zero-order chi connectivity index (χ0) is 17.7. The number of hydrogen-bond donors (Lipinski definition) is 9. The Morgan fingerprint density at radius 1 is 0.826 bits per heavy atom. The number of aliphatic hydroxyl groups is 9. The second kappa shape index (κ2) is 9.15. The Balaban J connectivity index is 2.89. The van der Waals surface area contributed by atoms with Crippen LogP contribution in [-0.4, -0.2) is 121 Å². The molecule has 0 amide bonds. The van der Waals surface area contributed by atoms with Crippen LogP contribution in [0, 0.1) is 0 Å². The third-order valence-corrected chi connectivity index (χ3v) is 3.62. The van der Waals surface area contributed by atoms with Gasteiger partial charge in [0, 0.05) is 0 Å². The Morgan fingerprint density at radius 2 is 1.39 bits per heavy atom. The second-order valence-corrected chi connectivity index (χ2v) is 5.29. The third kappa shape index (κ3) is 4.78. The van der Waals surface area contributed by atoms with E-state index in [-0.39, 0.29) is 0 Å². The van der Waals surface area contributed by atoms with Crippen molar-refractivity contribution in [1.29, 1.82) is 0 Å². The van der Waals surface area contributed by atoms with Crippen LogP contribution in [0.25, 0.3) is 0 Å². The molecule has 1 fully saturated rings. The van der Waals surface area contributed by atoms with Crippen LogP contribution in [0.15, 0.2) is 0 Å². The van der Waals surface area contributed by atoms with Gasteiger partial charge in [0.25, 0.3) is 0 Å². The van der Waals surface area contributed by atoms with Gasteiger partial charge in [0.1, 0.15) is 48.8 Å². The van der Waals surface area contributed by atoms with E-state index in [9.17, 15) is 30.6 Å². The highest BCUT2D eigenvalue weighted by atomic mass is 16.7. The molecule has 0 saturated carbocycles. The summed E-state index contributed by atoms with van der Waals surface area (Å²) >= 11 is 0. The van der Waals surface area contributed by atoms with Crippen molar-refractivity contribution in [3.05, 3.63) is 0 Å². The molecule has 11 nitrogen and oxygen atoms in total. The minimum Gasteiger partial charge on any atom is -0.394 e. The predicted octanol–water partition coefficient (Wildman–Crippen LogP) is -5.76. The molecule has 11 heteroatoms. The molecule has 0 aliphatic carbocycles. The number of aliphatic hydroxyl groups excluding tert-OH is 9.